The highest BCUT2D eigenvalue weighted by atomic mass is 32.2. The molecule has 0 fully saturated rings. The summed E-state index contributed by atoms with van der Waals surface area (Å²) in [6.07, 6.45) is 0. The van der Waals surface area contributed by atoms with Crippen molar-refractivity contribution in [2.45, 2.75) is 31.2 Å². The third-order valence-electron chi connectivity index (χ3n) is 2.59. The van der Waals surface area contributed by atoms with Gasteiger partial charge in [-0.2, -0.15) is 0 Å². The van der Waals surface area contributed by atoms with Gasteiger partial charge in [0.25, 0.3) is 0 Å². The number of benzene rings is 1. The average Bonchev–Trinajstić information content (AvgIpc) is 2.27. The zero-order valence-electron chi connectivity index (χ0n) is 11.1. The van der Waals surface area contributed by atoms with Gasteiger partial charge in [0, 0.05) is 5.56 Å². The Hall–Kier alpha value is -1.44. The number of primary amides is 1. The number of nitrogens with two attached hydrogens (primary N) is 1. The summed E-state index contributed by atoms with van der Waals surface area (Å²) in [4.78, 5) is 11.1. The van der Waals surface area contributed by atoms with Crippen LogP contribution in [0.1, 0.15) is 29.8 Å². The van der Waals surface area contributed by atoms with Crippen LogP contribution in [0.4, 0.5) is 0 Å². The Bertz CT molecular complexity index is 594. The van der Waals surface area contributed by atoms with E-state index in [-0.39, 0.29) is 17.1 Å². The van der Waals surface area contributed by atoms with Crippen molar-refractivity contribution in [1.82, 2.24) is 4.72 Å². The fourth-order valence-corrected chi connectivity index (χ4v) is 2.92. The summed E-state index contributed by atoms with van der Waals surface area (Å²) < 4.78 is 26.6. The topological polar surface area (TPSA) is 109 Å². The molecule has 6 nitrogen and oxygen atoms in total. The van der Waals surface area contributed by atoms with Gasteiger partial charge < -0.3 is 10.8 Å². The molecule has 1 aromatic carbocycles. The number of rotatable bonds is 5. The van der Waals surface area contributed by atoms with E-state index in [4.69, 9.17) is 10.8 Å². The molecule has 1 aromatic rings. The SMILES string of the molecule is Cc1ccc(S(=O)(=O)NC(C)(C)CO)cc1C(N)=O. The lowest BCUT2D eigenvalue weighted by molar-refractivity contribution is 0.0999. The van der Waals surface area contributed by atoms with E-state index in [2.05, 4.69) is 4.72 Å². The van der Waals surface area contributed by atoms with E-state index in [9.17, 15) is 13.2 Å². The summed E-state index contributed by atoms with van der Waals surface area (Å²) in [5.41, 5.74) is 4.96. The van der Waals surface area contributed by atoms with Crippen molar-refractivity contribution < 1.29 is 18.3 Å². The van der Waals surface area contributed by atoms with E-state index in [0.29, 0.717) is 5.56 Å². The molecular weight excluding hydrogens is 268 g/mol. The Morgan fingerprint density at radius 3 is 2.47 bits per heavy atom. The van der Waals surface area contributed by atoms with Crippen LogP contribution in [0, 0.1) is 6.92 Å². The summed E-state index contributed by atoms with van der Waals surface area (Å²) in [5, 5.41) is 9.09. The maximum atomic E-state index is 12.1. The summed E-state index contributed by atoms with van der Waals surface area (Å²) >= 11 is 0. The number of amides is 1. The van der Waals surface area contributed by atoms with Crippen molar-refractivity contribution in [3.8, 4) is 0 Å². The molecule has 4 N–H and O–H groups in total. The molecule has 0 saturated heterocycles. The van der Waals surface area contributed by atoms with Crippen molar-refractivity contribution in [1.29, 1.82) is 0 Å². The molecule has 0 bridgehead atoms. The number of aliphatic hydroxyl groups is 1. The largest absolute Gasteiger partial charge is 0.394 e. The van der Waals surface area contributed by atoms with Crippen LogP contribution in [0.5, 0.6) is 0 Å². The molecule has 0 heterocycles. The molecule has 106 valence electrons. The molecular formula is C12H18N2O4S. The van der Waals surface area contributed by atoms with Crippen LogP contribution in [0.3, 0.4) is 0 Å². The quantitative estimate of drug-likeness (QED) is 0.715. The van der Waals surface area contributed by atoms with E-state index in [1.165, 1.54) is 18.2 Å². The van der Waals surface area contributed by atoms with Crippen LogP contribution in [0.25, 0.3) is 0 Å². The van der Waals surface area contributed by atoms with E-state index in [1.54, 1.807) is 20.8 Å². The first kappa shape index (κ1) is 15.6. The number of hydrogen-bond acceptors (Lipinski definition) is 4. The lowest BCUT2D eigenvalue weighted by Gasteiger charge is -2.23. The van der Waals surface area contributed by atoms with E-state index in [0.717, 1.165) is 0 Å². The third-order valence-corrected chi connectivity index (χ3v) is 4.29. The van der Waals surface area contributed by atoms with Crippen LogP contribution >= 0.6 is 0 Å². The van der Waals surface area contributed by atoms with Crippen molar-refractivity contribution in [3.05, 3.63) is 29.3 Å². The Balaban J connectivity index is 3.23. The molecule has 7 heteroatoms. The minimum atomic E-state index is -3.82. The van der Waals surface area contributed by atoms with Gasteiger partial charge in [-0.3, -0.25) is 4.79 Å². The monoisotopic (exact) mass is 286 g/mol. The maximum absolute atomic E-state index is 12.1. The zero-order chi connectivity index (χ0) is 14.8. The summed E-state index contributed by atoms with van der Waals surface area (Å²) in [7, 11) is -3.82. The minimum absolute atomic E-state index is 0.0616. The molecule has 0 aliphatic heterocycles. The number of aryl methyl sites for hydroxylation is 1. The van der Waals surface area contributed by atoms with Crippen LogP contribution in [0.15, 0.2) is 23.1 Å². The average molecular weight is 286 g/mol. The molecule has 0 spiro atoms. The lowest BCUT2D eigenvalue weighted by Crippen LogP contribution is -2.46. The Kier molecular flexibility index (Phi) is 4.34. The van der Waals surface area contributed by atoms with Gasteiger partial charge in [-0.25, -0.2) is 13.1 Å². The highest BCUT2D eigenvalue weighted by molar-refractivity contribution is 7.89. The van der Waals surface area contributed by atoms with Gasteiger partial charge in [-0.15, -0.1) is 0 Å². The second-order valence-corrected chi connectivity index (χ2v) is 6.67. The van der Waals surface area contributed by atoms with Crippen molar-refractivity contribution >= 4 is 15.9 Å². The second-order valence-electron chi connectivity index (χ2n) is 4.99. The van der Waals surface area contributed by atoms with Gasteiger partial charge in [0.05, 0.1) is 17.0 Å². The van der Waals surface area contributed by atoms with Crippen molar-refractivity contribution in [2.24, 2.45) is 5.73 Å². The molecule has 0 unspecified atom stereocenters. The van der Waals surface area contributed by atoms with Crippen LogP contribution in [-0.4, -0.2) is 31.6 Å². The second kappa shape index (κ2) is 5.28. The van der Waals surface area contributed by atoms with Crippen LogP contribution < -0.4 is 10.5 Å². The molecule has 1 amide bonds. The van der Waals surface area contributed by atoms with Crippen molar-refractivity contribution in [2.75, 3.05) is 6.61 Å². The highest BCUT2D eigenvalue weighted by Crippen LogP contribution is 2.17. The number of carbonyl (C=O) groups is 1. The standard InChI is InChI=1S/C12H18N2O4S/c1-8-4-5-9(6-10(8)11(13)16)19(17,18)14-12(2,3)7-15/h4-6,14-15H,7H2,1-3H3,(H2,13,16). The Labute approximate surface area is 112 Å². The van der Waals surface area contributed by atoms with Gasteiger partial charge in [-0.1, -0.05) is 6.07 Å². The predicted octanol–water partition coefficient (Wildman–Crippen LogP) is 0.143. The molecule has 0 saturated carbocycles. The Morgan fingerprint density at radius 1 is 1.42 bits per heavy atom. The summed E-state index contributed by atoms with van der Waals surface area (Å²) in [6, 6.07) is 4.13. The number of carbonyl (C=O) groups excluding carboxylic acids is 1. The van der Waals surface area contributed by atoms with Gasteiger partial charge in [-0.05, 0) is 38.5 Å². The maximum Gasteiger partial charge on any atom is 0.249 e. The molecule has 0 atom stereocenters. The number of aliphatic hydroxyl groups excluding tert-OH is 1. The fraction of sp³-hybridized carbons (Fsp3) is 0.417. The van der Waals surface area contributed by atoms with Gasteiger partial charge in [0.1, 0.15) is 0 Å². The molecule has 0 aliphatic rings. The third kappa shape index (κ3) is 3.76. The van der Waals surface area contributed by atoms with Gasteiger partial charge >= 0.3 is 0 Å². The number of nitrogens with one attached hydrogen (secondary N) is 1. The van der Waals surface area contributed by atoms with Crippen molar-refractivity contribution in [3.63, 3.8) is 0 Å². The molecule has 0 aliphatic carbocycles. The zero-order valence-corrected chi connectivity index (χ0v) is 11.9. The van der Waals surface area contributed by atoms with E-state index >= 15 is 0 Å². The van der Waals surface area contributed by atoms with E-state index in [1.807, 2.05) is 0 Å². The Morgan fingerprint density at radius 2 is 2.00 bits per heavy atom. The summed E-state index contributed by atoms with van der Waals surface area (Å²) in [5.74, 6) is -0.684. The number of hydrogen-bond donors (Lipinski definition) is 3. The molecule has 19 heavy (non-hydrogen) atoms. The van der Waals surface area contributed by atoms with Gasteiger partial charge in [0.15, 0.2) is 0 Å². The highest BCUT2D eigenvalue weighted by Gasteiger charge is 2.26. The molecule has 1 rings (SSSR count). The van der Waals surface area contributed by atoms with E-state index < -0.39 is 21.5 Å². The lowest BCUT2D eigenvalue weighted by atomic mass is 10.1. The van der Waals surface area contributed by atoms with Crippen LogP contribution in [0.2, 0.25) is 0 Å². The first-order valence-corrected chi connectivity index (χ1v) is 7.13. The normalized spacial score (nSPS) is 12.4. The smallest absolute Gasteiger partial charge is 0.249 e. The fourth-order valence-electron chi connectivity index (χ4n) is 1.49. The summed E-state index contributed by atoms with van der Waals surface area (Å²) in [6.45, 7) is 4.42. The minimum Gasteiger partial charge on any atom is -0.394 e. The molecule has 0 aromatic heterocycles. The number of sulfonamides is 1. The van der Waals surface area contributed by atoms with Gasteiger partial charge in [0.2, 0.25) is 15.9 Å². The molecule has 0 radical (unpaired) electrons. The van der Waals surface area contributed by atoms with Crippen LogP contribution in [-0.2, 0) is 10.0 Å². The first-order valence-electron chi connectivity index (χ1n) is 5.64. The first-order chi connectivity index (χ1) is 8.59. The predicted molar refractivity (Wildman–Crippen MR) is 71.2 cm³/mol.